The van der Waals surface area contributed by atoms with Crippen molar-refractivity contribution in [3.8, 4) is 0 Å². The highest BCUT2D eigenvalue weighted by Crippen LogP contribution is 2.26. The van der Waals surface area contributed by atoms with Crippen LogP contribution in [0.2, 0.25) is 0 Å². The summed E-state index contributed by atoms with van der Waals surface area (Å²) in [5.74, 6) is 0.956. The smallest absolute Gasteiger partial charge is 0.147 e. The molecule has 1 saturated carbocycles. The van der Waals surface area contributed by atoms with E-state index >= 15 is 0 Å². The van der Waals surface area contributed by atoms with Crippen molar-refractivity contribution in [1.29, 1.82) is 0 Å². The summed E-state index contributed by atoms with van der Waals surface area (Å²) in [4.78, 5) is 0. The molecule has 0 aliphatic heterocycles. The Bertz CT molecular complexity index is 287. The summed E-state index contributed by atoms with van der Waals surface area (Å²) in [6.07, 6.45) is 8.35. The predicted molar refractivity (Wildman–Crippen MR) is 68.4 cm³/mol. The quantitative estimate of drug-likeness (QED) is 0.756. The van der Waals surface area contributed by atoms with Gasteiger partial charge in [0.05, 0.1) is 5.75 Å². The number of hydrogen-bond donors (Lipinski definition) is 1. The van der Waals surface area contributed by atoms with Crippen LogP contribution < -0.4 is 5.32 Å². The molecule has 1 fully saturated rings. The summed E-state index contributed by atoms with van der Waals surface area (Å²) in [6.45, 7) is 3.15. The van der Waals surface area contributed by atoms with Gasteiger partial charge in [0.1, 0.15) is 9.84 Å². The molecular weight excluding hydrogens is 222 g/mol. The SMILES string of the molecule is CCNC1CCCCC(CCS(C)(=O)=O)C1. The maximum atomic E-state index is 11.2. The molecule has 0 amide bonds. The van der Waals surface area contributed by atoms with Gasteiger partial charge in [0.15, 0.2) is 0 Å². The maximum Gasteiger partial charge on any atom is 0.147 e. The molecule has 2 atom stereocenters. The Morgan fingerprint density at radius 1 is 1.25 bits per heavy atom. The fourth-order valence-electron chi connectivity index (χ4n) is 2.58. The number of hydrogen-bond acceptors (Lipinski definition) is 3. The summed E-state index contributed by atoms with van der Waals surface area (Å²) in [5, 5.41) is 3.50. The van der Waals surface area contributed by atoms with Crippen molar-refractivity contribution in [2.75, 3.05) is 18.6 Å². The topological polar surface area (TPSA) is 46.2 Å². The Morgan fingerprint density at radius 3 is 2.56 bits per heavy atom. The molecule has 0 heterocycles. The van der Waals surface area contributed by atoms with Gasteiger partial charge in [-0.2, -0.15) is 0 Å². The van der Waals surface area contributed by atoms with E-state index in [1.54, 1.807) is 0 Å². The zero-order valence-corrected chi connectivity index (χ0v) is 11.4. The van der Waals surface area contributed by atoms with Crippen LogP contribution in [0.4, 0.5) is 0 Å². The van der Waals surface area contributed by atoms with Gasteiger partial charge in [-0.05, 0) is 31.7 Å². The van der Waals surface area contributed by atoms with Crippen LogP contribution in [0, 0.1) is 5.92 Å². The van der Waals surface area contributed by atoms with Crippen LogP contribution >= 0.6 is 0 Å². The second-order valence-electron chi connectivity index (χ2n) is 5.06. The van der Waals surface area contributed by atoms with Crippen LogP contribution in [0.5, 0.6) is 0 Å². The van der Waals surface area contributed by atoms with Gasteiger partial charge in [0, 0.05) is 12.3 Å². The Balaban J connectivity index is 2.39. The molecule has 2 unspecified atom stereocenters. The minimum atomic E-state index is -2.79. The van der Waals surface area contributed by atoms with Crippen LogP contribution in [0.1, 0.15) is 45.4 Å². The third kappa shape index (κ3) is 5.85. The first-order valence-corrected chi connectivity index (χ1v) is 8.48. The first kappa shape index (κ1) is 14.0. The van der Waals surface area contributed by atoms with Gasteiger partial charge in [-0.3, -0.25) is 0 Å². The lowest BCUT2D eigenvalue weighted by Crippen LogP contribution is -2.30. The fourth-order valence-corrected chi connectivity index (χ4v) is 3.34. The molecule has 4 heteroatoms. The van der Waals surface area contributed by atoms with Crippen LogP contribution in [0.15, 0.2) is 0 Å². The highest BCUT2D eigenvalue weighted by atomic mass is 32.2. The molecule has 0 spiro atoms. The number of nitrogens with one attached hydrogen (secondary N) is 1. The van der Waals surface area contributed by atoms with E-state index in [0.29, 0.717) is 17.7 Å². The second kappa shape index (κ2) is 6.60. The minimum absolute atomic E-state index is 0.358. The normalized spacial score (nSPS) is 27.6. The Kier molecular flexibility index (Phi) is 5.76. The molecule has 1 aliphatic carbocycles. The molecule has 0 saturated heterocycles. The third-order valence-electron chi connectivity index (χ3n) is 3.42. The van der Waals surface area contributed by atoms with Crippen LogP contribution in [-0.4, -0.2) is 33.0 Å². The number of rotatable bonds is 5. The lowest BCUT2D eigenvalue weighted by Gasteiger charge is -2.20. The largest absolute Gasteiger partial charge is 0.314 e. The van der Waals surface area contributed by atoms with E-state index in [4.69, 9.17) is 0 Å². The van der Waals surface area contributed by atoms with E-state index in [-0.39, 0.29) is 0 Å². The molecule has 1 rings (SSSR count). The van der Waals surface area contributed by atoms with Crippen molar-refractivity contribution < 1.29 is 8.42 Å². The summed E-state index contributed by atoms with van der Waals surface area (Å²) < 4.78 is 22.3. The molecule has 0 radical (unpaired) electrons. The van der Waals surface area contributed by atoms with Crippen molar-refractivity contribution in [3.63, 3.8) is 0 Å². The zero-order chi connectivity index (χ0) is 12.0. The van der Waals surface area contributed by atoms with Crippen molar-refractivity contribution in [2.45, 2.75) is 51.5 Å². The van der Waals surface area contributed by atoms with E-state index in [1.165, 1.54) is 31.9 Å². The van der Waals surface area contributed by atoms with Crippen LogP contribution in [0.3, 0.4) is 0 Å². The summed E-state index contributed by atoms with van der Waals surface area (Å²) >= 11 is 0. The van der Waals surface area contributed by atoms with Crippen LogP contribution in [0.25, 0.3) is 0 Å². The van der Waals surface area contributed by atoms with Gasteiger partial charge in [-0.25, -0.2) is 8.42 Å². The maximum absolute atomic E-state index is 11.2. The Labute approximate surface area is 99.9 Å². The zero-order valence-electron chi connectivity index (χ0n) is 10.5. The monoisotopic (exact) mass is 247 g/mol. The predicted octanol–water partition coefficient (Wildman–Crippen LogP) is 1.98. The van der Waals surface area contributed by atoms with Gasteiger partial charge >= 0.3 is 0 Å². The molecule has 0 aromatic carbocycles. The fraction of sp³-hybridized carbons (Fsp3) is 1.00. The van der Waals surface area contributed by atoms with Crippen molar-refractivity contribution in [1.82, 2.24) is 5.32 Å². The van der Waals surface area contributed by atoms with E-state index in [9.17, 15) is 8.42 Å². The third-order valence-corrected chi connectivity index (χ3v) is 4.40. The van der Waals surface area contributed by atoms with E-state index in [2.05, 4.69) is 12.2 Å². The minimum Gasteiger partial charge on any atom is -0.314 e. The standard InChI is InChI=1S/C12H25NO2S/c1-3-13-12-7-5-4-6-11(10-12)8-9-16(2,14)15/h11-13H,3-10H2,1-2H3. The van der Waals surface area contributed by atoms with Gasteiger partial charge in [0.25, 0.3) is 0 Å². The average molecular weight is 247 g/mol. The van der Waals surface area contributed by atoms with Gasteiger partial charge in [-0.1, -0.05) is 26.2 Å². The molecule has 0 aromatic heterocycles. The summed E-state index contributed by atoms with van der Waals surface area (Å²) in [5.41, 5.74) is 0. The van der Waals surface area contributed by atoms with Gasteiger partial charge < -0.3 is 5.32 Å². The first-order valence-electron chi connectivity index (χ1n) is 6.42. The molecule has 0 bridgehead atoms. The van der Waals surface area contributed by atoms with Gasteiger partial charge in [0.2, 0.25) is 0 Å². The molecule has 1 aliphatic rings. The summed E-state index contributed by atoms with van der Waals surface area (Å²) in [6, 6.07) is 0.608. The van der Waals surface area contributed by atoms with Crippen molar-refractivity contribution in [2.24, 2.45) is 5.92 Å². The van der Waals surface area contributed by atoms with E-state index < -0.39 is 9.84 Å². The van der Waals surface area contributed by atoms with Crippen LogP contribution in [-0.2, 0) is 9.84 Å². The van der Waals surface area contributed by atoms with Crippen molar-refractivity contribution >= 4 is 9.84 Å². The molecule has 96 valence electrons. The van der Waals surface area contributed by atoms with E-state index in [1.807, 2.05) is 0 Å². The van der Waals surface area contributed by atoms with E-state index in [0.717, 1.165) is 19.4 Å². The number of sulfone groups is 1. The Hall–Kier alpha value is -0.0900. The molecular formula is C12H25NO2S. The van der Waals surface area contributed by atoms with Crippen molar-refractivity contribution in [3.05, 3.63) is 0 Å². The second-order valence-corrected chi connectivity index (χ2v) is 7.32. The average Bonchev–Trinajstić information content (AvgIpc) is 2.40. The lowest BCUT2D eigenvalue weighted by atomic mass is 9.95. The highest BCUT2D eigenvalue weighted by Gasteiger charge is 2.20. The highest BCUT2D eigenvalue weighted by molar-refractivity contribution is 7.90. The molecule has 0 aromatic rings. The van der Waals surface area contributed by atoms with Gasteiger partial charge in [-0.15, -0.1) is 0 Å². The first-order chi connectivity index (χ1) is 7.51. The molecule has 1 N–H and O–H groups in total. The molecule has 3 nitrogen and oxygen atoms in total. The Morgan fingerprint density at radius 2 is 1.94 bits per heavy atom. The molecule has 16 heavy (non-hydrogen) atoms. The summed E-state index contributed by atoms with van der Waals surface area (Å²) in [7, 11) is -2.79. The lowest BCUT2D eigenvalue weighted by molar-refractivity contribution is 0.383.